The fraction of sp³-hybridized carbons (Fsp3) is 0.462. The van der Waals surface area contributed by atoms with Gasteiger partial charge in [0.1, 0.15) is 5.82 Å². The highest BCUT2D eigenvalue weighted by molar-refractivity contribution is 9.10. The zero-order valence-corrected chi connectivity index (χ0v) is 12.0. The predicted molar refractivity (Wildman–Crippen MR) is 74.6 cm³/mol. The minimum atomic E-state index is -0.772. The first-order valence-electron chi connectivity index (χ1n) is 6.17. The molecule has 1 amide bonds. The molecular formula is C13H16BrFN2O2. The zero-order valence-electron chi connectivity index (χ0n) is 10.4. The Morgan fingerprint density at radius 1 is 1.58 bits per heavy atom. The number of halogens is 2. The van der Waals surface area contributed by atoms with Gasteiger partial charge in [-0.05, 0) is 30.9 Å². The van der Waals surface area contributed by atoms with E-state index in [4.69, 9.17) is 5.73 Å². The predicted octanol–water partition coefficient (Wildman–Crippen LogP) is 1.90. The van der Waals surface area contributed by atoms with Crippen molar-refractivity contribution in [2.45, 2.75) is 12.8 Å². The molecular weight excluding hydrogens is 315 g/mol. The molecule has 104 valence electrons. The average Bonchev–Trinajstić information content (AvgIpc) is 2.37. The summed E-state index contributed by atoms with van der Waals surface area (Å²) >= 11 is 3.23. The molecule has 6 heteroatoms. The number of amides is 1. The van der Waals surface area contributed by atoms with Crippen molar-refractivity contribution in [2.24, 2.45) is 11.7 Å². The molecule has 0 radical (unpaired) electrons. The van der Waals surface area contributed by atoms with E-state index in [0.717, 1.165) is 19.4 Å². The topological polar surface area (TPSA) is 66.6 Å². The van der Waals surface area contributed by atoms with E-state index in [1.54, 1.807) is 6.07 Å². The Morgan fingerprint density at radius 3 is 2.95 bits per heavy atom. The summed E-state index contributed by atoms with van der Waals surface area (Å²) in [5.41, 5.74) is 5.69. The van der Waals surface area contributed by atoms with Crippen LogP contribution in [0.1, 0.15) is 23.2 Å². The van der Waals surface area contributed by atoms with Crippen molar-refractivity contribution >= 4 is 27.5 Å². The Balaban J connectivity index is 2.40. The minimum absolute atomic E-state index is 0.0817. The van der Waals surface area contributed by atoms with Crippen LogP contribution in [0.2, 0.25) is 0 Å². The fourth-order valence-electron chi connectivity index (χ4n) is 2.49. The van der Waals surface area contributed by atoms with Gasteiger partial charge in [-0.15, -0.1) is 0 Å². The molecule has 0 saturated carbocycles. The molecule has 0 spiro atoms. The second kappa shape index (κ2) is 5.88. The molecule has 1 fully saturated rings. The first-order valence-corrected chi connectivity index (χ1v) is 6.97. The highest BCUT2D eigenvalue weighted by Gasteiger charge is 2.25. The molecule has 1 aromatic carbocycles. The maximum atomic E-state index is 13.9. The first-order chi connectivity index (χ1) is 9.02. The van der Waals surface area contributed by atoms with Crippen molar-refractivity contribution < 1.29 is 14.3 Å². The number of hydrogen-bond donors (Lipinski definition) is 2. The van der Waals surface area contributed by atoms with Gasteiger partial charge in [0.05, 0.1) is 11.3 Å². The molecule has 19 heavy (non-hydrogen) atoms. The summed E-state index contributed by atoms with van der Waals surface area (Å²) < 4.78 is 14.5. The van der Waals surface area contributed by atoms with Gasteiger partial charge in [0.2, 0.25) is 0 Å². The van der Waals surface area contributed by atoms with Crippen molar-refractivity contribution in [3.05, 3.63) is 28.0 Å². The van der Waals surface area contributed by atoms with E-state index >= 15 is 0 Å². The van der Waals surface area contributed by atoms with Crippen molar-refractivity contribution in [1.82, 2.24) is 0 Å². The number of aliphatic hydroxyl groups is 1. The molecule has 1 aromatic rings. The van der Waals surface area contributed by atoms with Gasteiger partial charge in [-0.3, -0.25) is 4.79 Å². The van der Waals surface area contributed by atoms with Gasteiger partial charge in [-0.25, -0.2) is 4.39 Å². The van der Waals surface area contributed by atoms with Crippen LogP contribution in [0.3, 0.4) is 0 Å². The Morgan fingerprint density at radius 2 is 2.32 bits per heavy atom. The monoisotopic (exact) mass is 330 g/mol. The molecule has 1 aliphatic heterocycles. The number of aliphatic hydroxyl groups excluding tert-OH is 1. The van der Waals surface area contributed by atoms with Crippen LogP contribution in [0.15, 0.2) is 16.6 Å². The van der Waals surface area contributed by atoms with E-state index in [1.165, 1.54) is 6.07 Å². The normalized spacial score (nSPS) is 19.5. The summed E-state index contributed by atoms with van der Waals surface area (Å²) in [6.07, 6.45) is 1.84. The summed E-state index contributed by atoms with van der Waals surface area (Å²) in [6, 6.07) is 2.93. The number of rotatable bonds is 3. The largest absolute Gasteiger partial charge is 0.396 e. The standard InChI is InChI=1S/C13H16BrFN2O2/c14-9-4-10(15)12(13(16)19)11(5-9)17-3-1-2-8(6-17)7-18/h4-5,8,18H,1-3,6-7H2,(H2,16,19). The van der Waals surface area contributed by atoms with Gasteiger partial charge >= 0.3 is 0 Å². The molecule has 3 N–H and O–H groups in total. The number of primary amides is 1. The Kier molecular flexibility index (Phi) is 4.42. The van der Waals surface area contributed by atoms with Gasteiger partial charge in [0.25, 0.3) is 5.91 Å². The van der Waals surface area contributed by atoms with Crippen molar-refractivity contribution in [1.29, 1.82) is 0 Å². The Labute approximate surface area is 119 Å². The summed E-state index contributed by atoms with van der Waals surface area (Å²) in [5, 5.41) is 9.24. The van der Waals surface area contributed by atoms with Gasteiger partial charge in [-0.2, -0.15) is 0 Å². The molecule has 4 nitrogen and oxygen atoms in total. The van der Waals surface area contributed by atoms with Crippen LogP contribution < -0.4 is 10.6 Å². The highest BCUT2D eigenvalue weighted by atomic mass is 79.9. The number of carbonyl (C=O) groups excluding carboxylic acids is 1. The van der Waals surface area contributed by atoms with Gasteiger partial charge in [0, 0.05) is 24.2 Å². The lowest BCUT2D eigenvalue weighted by molar-refractivity contribution is 0.0997. The molecule has 0 bridgehead atoms. The van der Waals surface area contributed by atoms with E-state index in [-0.39, 0.29) is 18.1 Å². The third-order valence-electron chi connectivity index (χ3n) is 3.40. The average molecular weight is 331 g/mol. The second-order valence-electron chi connectivity index (χ2n) is 4.78. The first kappa shape index (κ1) is 14.3. The van der Waals surface area contributed by atoms with Crippen molar-refractivity contribution in [2.75, 3.05) is 24.6 Å². The fourth-order valence-corrected chi connectivity index (χ4v) is 2.90. The highest BCUT2D eigenvalue weighted by Crippen LogP contribution is 2.31. The number of nitrogens with two attached hydrogens (primary N) is 1. The summed E-state index contributed by atoms with van der Waals surface area (Å²) in [5.74, 6) is -1.24. The Hall–Kier alpha value is -1.14. The van der Waals surface area contributed by atoms with Crippen LogP contribution >= 0.6 is 15.9 Å². The number of carbonyl (C=O) groups is 1. The van der Waals surface area contributed by atoms with Crippen molar-refractivity contribution in [3.63, 3.8) is 0 Å². The van der Waals surface area contributed by atoms with E-state index in [9.17, 15) is 14.3 Å². The zero-order chi connectivity index (χ0) is 14.0. The number of hydrogen-bond acceptors (Lipinski definition) is 3. The van der Waals surface area contributed by atoms with E-state index in [1.807, 2.05) is 4.90 Å². The Bertz CT molecular complexity index is 496. The van der Waals surface area contributed by atoms with Crippen LogP contribution in [-0.4, -0.2) is 30.7 Å². The quantitative estimate of drug-likeness (QED) is 0.889. The van der Waals surface area contributed by atoms with E-state index < -0.39 is 11.7 Å². The minimum Gasteiger partial charge on any atom is -0.396 e. The smallest absolute Gasteiger partial charge is 0.253 e. The summed E-state index contributed by atoms with van der Waals surface area (Å²) in [6.45, 7) is 1.43. The van der Waals surface area contributed by atoms with Gasteiger partial charge in [0.15, 0.2) is 0 Å². The molecule has 2 rings (SSSR count). The van der Waals surface area contributed by atoms with Gasteiger partial charge in [-0.1, -0.05) is 15.9 Å². The van der Waals surface area contributed by atoms with Crippen LogP contribution in [-0.2, 0) is 0 Å². The lowest BCUT2D eigenvalue weighted by atomic mass is 9.97. The van der Waals surface area contributed by atoms with Crippen LogP contribution in [0.4, 0.5) is 10.1 Å². The molecule has 0 aromatic heterocycles. The molecule has 1 atom stereocenters. The summed E-state index contributed by atoms with van der Waals surface area (Å²) in [4.78, 5) is 13.4. The van der Waals surface area contributed by atoms with Crippen LogP contribution in [0, 0.1) is 11.7 Å². The van der Waals surface area contributed by atoms with Gasteiger partial charge < -0.3 is 15.7 Å². The molecule has 1 aliphatic rings. The molecule has 1 saturated heterocycles. The number of anilines is 1. The molecule has 1 heterocycles. The molecule has 0 aliphatic carbocycles. The molecule has 1 unspecified atom stereocenters. The third kappa shape index (κ3) is 3.06. The SMILES string of the molecule is NC(=O)c1c(F)cc(Br)cc1N1CCCC(CO)C1. The van der Waals surface area contributed by atoms with Crippen molar-refractivity contribution in [3.8, 4) is 0 Å². The maximum absolute atomic E-state index is 13.9. The summed E-state index contributed by atoms with van der Waals surface area (Å²) in [7, 11) is 0. The number of benzene rings is 1. The van der Waals surface area contributed by atoms with Crippen LogP contribution in [0.25, 0.3) is 0 Å². The maximum Gasteiger partial charge on any atom is 0.253 e. The number of nitrogens with zero attached hydrogens (tertiary/aromatic N) is 1. The van der Waals surface area contributed by atoms with E-state index in [0.29, 0.717) is 16.7 Å². The van der Waals surface area contributed by atoms with Crippen LogP contribution in [0.5, 0.6) is 0 Å². The lowest BCUT2D eigenvalue weighted by Crippen LogP contribution is -2.38. The lowest BCUT2D eigenvalue weighted by Gasteiger charge is -2.34. The van der Waals surface area contributed by atoms with E-state index in [2.05, 4.69) is 15.9 Å². The number of piperidine rings is 1. The second-order valence-corrected chi connectivity index (χ2v) is 5.70. The third-order valence-corrected chi connectivity index (χ3v) is 3.86.